The molecule has 2 bridgehead atoms. The van der Waals surface area contributed by atoms with Gasteiger partial charge in [-0.15, -0.1) is 0 Å². The molecule has 0 N–H and O–H groups in total. The van der Waals surface area contributed by atoms with Crippen LogP contribution in [0.25, 0.3) is 33.3 Å². The second-order valence-electron chi connectivity index (χ2n) is 11.7. The van der Waals surface area contributed by atoms with Gasteiger partial charge in [0.2, 0.25) is 5.91 Å². The molecule has 0 atom stereocenters. The van der Waals surface area contributed by atoms with Crippen molar-refractivity contribution >= 4 is 22.6 Å². The number of aryl methyl sites for hydroxylation is 1. The first-order chi connectivity index (χ1) is 22.5. The Balaban J connectivity index is 1.28. The van der Waals surface area contributed by atoms with Gasteiger partial charge in [0.25, 0.3) is 0 Å². The van der Waals surface area contributed by atoms with Gasteiger partial charge in [0.05, 0.1) is 30.6 Å². The van der Waals surface area contributed by atoms with E-state index in [0.29, 0.717) is 37.4 Å². The first-order valence-corrected chi connectivity index (χ1v) is 15.6. The summed E-state index contributed by atoms with van der Waals surface area (Å²) in [6.07, 6.45) is 7.06. The van der Waals surface area contributed by atoms with E-state index in [0.717, 1.165) is 78.4 Å². The van der Waals surface area contributed by atoms with Crippen LogP contribution in [-0.4, -0.2) is 102 Å². The Morgan fingerprint density at radius 3 is 2.54 bits per heavy atom. The molecule has 8 rings (SSSR count). The van der Waals surface area contributed by atoms with Crippen LogP contribution in [0.3, 0.4) is 0 Å². The molecule has 2 aromatic carbocycles. The summed E-state index contributed by atoms with van der Waals surface area (Å²) in [6.45, 7) is 9.61. The molecule has 4 aliphatic rings. The molecular formula is C35H37FN6O4. The third-order valence-corrected chi connectivity index (χ3v) is 8.91. The second-order valence-corrected chi connectivity index (χ2v) is 11.7. The maximum absolute atomic E-state index is 14.5. The van der Waals surface area contributed by atoms with Crippen LogP contribution in [0.5, 0.6) is 11.5 Å². The van der Waals surface area contributed by atoms with Crippen LogP contribution in [0.4, 0.5) is 10.2 Å². The molecule has 0 spiro atoms. The molecule has 0 radical (unpaired) electrons. The van der Waals surface area contributed by atoms with Crippen molar-refractivity contribution in [3.05, 3.63) is 79.3 Å². The predicted molar refractivity (Wildman–Crippen MR) is 175 cm³/mol. The normalized spacial score (nSPS) is 18.6. The second kappa shape index (κ2) is 12.9. The molecule has 6 heterocycles. The number of halogens is 1. The van der Waals surface area contributed by atoms with Gasteiger partial charge in [-0.3, -0.25) is 14.4 Å². The smallest absolute Gasteiger partial charge is 0.246 e. The minimum absolute atomic E-state index is 0.0186. The minimum Gasteiger partial charge on any atom is -0.490 e. The highest BCUT2D eigenvalue weighted by Gasteiger charge is 2.35. The number of pyridine rings is 1. The number of hydrogen-bond acceptors (Lipinski definition) is 8. The number of likely N-dealkylation sites (tertiary alicyclic amines) is 1. The van der Waals surface area contributed by atoms with Crippen molar-refractivity contribution in [2.24, 2.45) is 7.05 Å². The molecule has 0 unspecified atom stereocenters. The summed E-state index contributed by atoms with van der Waals surface area (Å²) in [5, 5.41) is 5.43. The van der Waals surface area contributed by atoms with Crippen molar-refractivity contribution in [1.29, 1.82) is 0 Å². The molecule has 238 valence electrons. The first kappa shape index (κ1) is 29.9. The zero-order valence-corrected chi connectivity index (χ0v) is 25.9. The molecule has 2 saturated heterocycles. The number of fused-ring (bicyclic) bond motifs is 10. The lowest BCUT2D eigenvalue weighted by molar-refractivity contribution is -0.133. The van der Waals surface area contributed by atoms with E-state index in [9.17, 15) is 9.18 Å². The van der Waals surface area contributed by atoms with Crippen LogP contribution in [0.2, 0.25) is 0 Å². The van der Waals surface area contributed by atoms with Crippen molar-refractivity contribution in [2.45, 2.75) is 6.04 Å². The van der Waals surface area contributed by atoms with Gasteiger partial charge in [-0.25, -0.2) is 9.37 Å². The summed E-state index contributed by atoms with van der Waals surface area (Å²) < 4.78 is 34.5. The highest BCUT2D eigenvalue weighted by atomic mass is 19.1. The van der Waals surface area contributed by atoms with Gasteiger partial charge in [-0.05, 0) is 42.5 Å². The Labute approximate surface area is 267 Å². The van der Waals surface area contributed by atoms with Gasteiger partial charge in [-0.1, -0.05) is 12.7 Å². The lowest BCUT2D eigenvalue weighted by atomic mass is 10.0. The van der Waals surface area contributed by atoms with Crippen molar-refractivity contribution in [3.63, 3.8) is 0 Å². The van der Waals surface area contributed by atoms with Crippen molar-refractivity contribution < 1.29 is 23.4 Å². The number of carbonyl (C=O) groups is 1. The van der Waals surface area contributed by atoms with Gasteiger partial charge < -0.3 is 24.0 Å². The fourth-order valence-corrected chi connectivity index (χ4v) is 6.32. The Bertz CT molecular complexity index is 1790. The number of anilines is 1. The van der Waals surface area contributed by atoms with Gasteiger partial charge in [0.1, 0.15) is 36.3 Å². The summed E-state index contributed by atoms with van der Waals surface area (Å²) in [4.78, 5) is 23.8. The predicted octanol–water partition coefficient (Wildman–Crippen LogP) is 4.30. The molecule has 2 fully saturated rings. The van der Waals surface area contributed by atoms with Crippen LogP contribution in [0, 0.1) is 5.82 Å². The van der Waals surface area contributed by atoms with Crippen molar-refractivity contribution in [1.82, 2.24) is 24.6 Å². The van der Waals surface area contributed by atoms with Crippen LogP contribution in [-0.2, 0) is 16.6 Å². The minimum atomic E-state index is -0.371. The lowest BCUT2D eigenvalue weighted by Gasteiger charge is -2.48. The fraction of sp³-hybridized carbons (Fsp3) is 0.343. The molecule has 4 aliphatic heterocycles. The number of nitrogens with zero attached hydrogens (tertiary/aromatic N) is 6. The van der Waals surface area contributed by atoms with E-state index in [1.807, 2.05) is 53.2 Å². The number of aromatic nitrogens is 3. The third kappa shape index (κ3) is 5.95. The Hall–Kier alpha value is -4.74. The average Bonchev–Trinajstić information content (AvgIpc) is 3.41. The summed E-state index contributed by atoms with van der Waals surface area (Å²) in [5.41, 5.74) is 4.20. The Morgan fingerprint density at radius 2 is 1.72 bits per heavy atom. The molecule has 0 saturated carbocycles. The number of amides is 1. The monoisotopic (exact) mass is 624 g/mol. The number of hydrogen-bond donors (Lipinski definition) is 0. The van der Waals surface area contributed by atoms with Crippen LogP contribution >= 0.6 is 0 Å². The molecule has 46 heavy (non-hydrogen) atoms. The molecular weight excluding hydrogens is 587 g/mol. The summed E-state index contributed by atoms with van der Waals surface area (Å²) in [6, 6.07) is 13.1. The zero-order valence-electron chi connectivity index (χ0n) is 25.9. The molecule has 10 nitrogen and oxygen atoms in total. The van der Waals surface area contributed by atoms with E-state index in [4.69, 9.17) is 19.2 Å². The van der Waals surface area contributed by atoms with Crippen molar-refractivity contribution in [3.8, 4) is 33.9 Å². The topological polar surface area (TPSA) is 85.2 Å². The lowest BCUT2D eigenvalue weighted by Crippen LogP contribution is -2.64. The van der Waals surface area contributed by atoms with Crippen LogP contribution < -0.4 is 14.4 Å². The number of piperazine rings is 1. The maximum Gasteiger partial charge on any atom is 0.246 e. The number of benzene rings is 2. The van der Waals surface area contributed by atoms with Crippen LogP contribution in [0.1, 0.15) is 0 Å². The summed E-state index contributed by atoms with van der Waals surface area (Å²) >= 11 is 0. The molecule has 2 aromatic heterocycles. The summed E-state index contributed by atoms with van der Waals surface area (Å²) in [5.74, 6) is 1.55. The first-order valence-electron chi connectivity index (χ1n) is 15.6. The van der Waals surface area contributed by atoms with E-state index >= 15 is 0 Å². The fourth-order valence-electron chi connectivity index (χ4n) is 6.32. The number of ether oxygens (including phenoxy) is 3. The Morgan fingerprint density at radius 1 is 0.935 bits per heavy atom. The van der Waals surface area contributed by atoms with Crippen molar-refractivity contribution in [2.75, 3.05) is 70.6 Å². The number of carbonyl (C=O) groups excluding carboxylic acids is 1. The van der Waals surface area contributed by atoms with Gasteiger partial charge in [-0.2, -0.15) is 5.10 Å². The van der Waals surface area contributed by atoms with E-state index in [1.54, 1.807) is 6.07 Å². The van der Waals surface area contributed by atoms with Gasteiger partial charge >= 0.3 is 0 Å². The quantitative estimate of drug-likeness (QED) is 0.247. The third-order valence-electron chi connectivity index (χ3n) is 8.91. The largest absolute Gasteiger partial charge is 0.490 e. The van der Waals surface area contributed by atoms with Gasteiger partial charge in [0, 0.05) is 86.6 Å². The van der Waals surface area contributed by atoms with E-state index in [1.165, 1.54) is 18.2 Å². The maximum atomic E-state index is 14.5. The number of rotatable bonds is 3. The molecule has 11 heteroatoms. The molecule has 1 amide bonds. The molecule has 0 aliphatic carbocycles. The van der Waals surface area contributed by atoms with E-state index in [2.05, 4.69) is 27.5 Å². The SMILES string of the molecule is C=CC(=O)N1CC(N2CCN(c3nc4ccc3-c3ccc(F)cc3OCCOC/C=C/COc3cc5c(cnn5C)cc3-4)CC2)C1. The van der Waals surface area contributed by atoms with Gasteiger partial charge in [0.15, 0.2) is 0 Å². The average molecular weight is 625 g/mol. The Kier molecular flexibility index (Phi) is 8.42. The summed E-state index contributed by atoms with van der Waals surface area (Å²) in [7, 11) is 1.91. The zero-order chi connectivity index (χ0) is 31.6. The van der Waals surface area contributed by atoms with E-state index < -0.39 is 0 Å². The highest BCUT2D eigenvalue weighted by Crippen LogP contribution is 2.41. The van der Waals surface area contributed by atoms with E-state index in [-0.39, 0.29) is 18.3 Å². The highest BCUT2D eigenvalue weighted by molar-refractivity contribution is 5.89. The molecule has 4 aromatic rings. The van der Waals surface area contributed by atoms with Crippen LogP contribution in [0.15, 0.2) is 73.5 Å². The standard InChI is InChI=1S/C35H37FN6O4/c1-3-34(43)42-22-26(23-42)40-10-12-41(13-11-40)35-28-8-9-30(38-35)29-18-24-21-37-39(2)31(24)20-33(29)45-15-5-4-14-44-16-17-46-32-19-25(36)6-7-27(28)32/h3-9,18-21,26H,1,10-17,22-23H2,2H3/b5-4+.